The molecule has 4 aromatic rings. The van der Waals surface area contributed by atoms with Crippen molar-refractivity contribution in [3.8, 4) is 5.75 Å². The number of pyridine rings is 1. The van der Waals surface area contributed by atoms with E-state index in [9.17, 15) is 9.18 Å². The van der Waals surface area contributed by atoms with Crippen molar-refractivity contribution in [3.05, 3.63) is 95.7 Å². The van der Waals surface area contributed by atoms with Gasteiger partial charge in [0, 0.05) is 29.1 Å². The molecule has 0 fully saturated rings. The number of nitrogens with one attached hydrogen (secondary N) is 2. The fraction of sp³-hybridized carbons (Fsp3) is 0.200. The van der Waals surface area contributed by atoms with Crippen molar-refractivity contribution >= 4 is 16.8 Å². The van der Waals surface area contributed by atoms with E-state index in [1.165, 1.54) is 6.07 Å². The van der Waals surface area contributed by atoms with Crippen LogP contribution in [-0.2, 0) is 17.8 Å². The van der Waals surface area contributed by atoms with Crippen LogP contribution in [0.3, 0.4) is 0 Å². The molecule has 31 heavy (non-hydrogen) atoms. The number of para-hydroxylation sites is 1. The first-order valence-electron chi connectivity index (χ1n) is 10.3. The summed E-state index contributed by atoms with van der Waals surface area (Å²) >= 11 is 0. The standard InChI is InChI=1S/C25H24FN3O2/c1-17(29-25(30)13-10-18-14-27-24-9-5-3-7-21(18)24)23-12-11-20(15-28-23)31-16-19-6-2-4-8-22(19)26/h2-9,11-12,14-15,17,27H,10,13,16H2,1H3,(H,29,30)/t17-/m1/s1. The van der Waals surface area contributed by atoms with Crippen LogP contribution in [0.15, 0.2) is 73.1 Å². The van der Waals surface area contributed by atoms with Crippen molar-refractivity contribution in [2.75, 3.05) is 0 Å². The number of H-pyrrole nitrogens is 1. The molecule has 4 rings (SSSR count). The number of aromatic nitrogens is 2. The maximum absolute atomic E-state index is 13.7. The number of benzene rings is 2. The lowest BCUT2D eigenvalue weighted by molar-refractivity contribution is -0.121. The Morgan fingerprint density at radius 2 is 1.90 bits per heavy atom. The highest BCUT2D eigenvalue weighted by molar-refractivity contribution is 5.84. The number of hydrogen-bond acceptors (Lipinski definition) is 3. The largest absolute Gasteiger partial charge is 0.487 e. The van der Waals surface area contributed by atoms with Crippen LogP contribution in [0.5, 0.6) is 5.75 Å². The van der Waals surface area contributed by atoms with Crippen LogP contribution in [0.4, 0.5) is 4.39 Å². The number of fused-ring (bicyclic) bond motifs is 1. The number of rotatable bonds is 8. The quantitative estimate of drug-likeness (QED) is 0.420. The molecule has 158 valence electrons. The molecule has 1 atom stereocenters. The van der Waals surface area contributed by atoms with Crippen LogP contribution < -0.4 is 10.1 Å². The smallest absolute Gasteiger partial charge is 0.220 e. The number of hydrogen-bond donors (Lipinski definition) is 2. The molecule has 2 aromatic carbocycles. The first-order valence-corrected chi connectivity index (χ1v) is 10.3. The van der Waals surface area contributed by atoms with Gasteiger partial charge in [-0.15, -0.1) is 0 Å². The second kappa shape index (κ2) is 9.43. The summed E-state index contributed by atoms with van der Waals surface area (Å²) in [5.74, 6) is 0.223. The average molecular weight is 417 g/mol. The van der Waals surface area contributed by atoms with Crippen molar-refractivity contribution in [3.63, 3.8) is 0 Å². The minimum atomic E-state index is -0.295. The number of carbonyl (C=O) groups is 1. The molecule has 0 radical (unpaired) electrons. The SMILES string of the molecule is C[C@@H](NC(=O)CCc1c[nH]c2ccccc12)c1ccc(OCc2ccccc2F)cn1. The van der Waals surface area contributed by atoms with Crippen molar-refractivity contribution in [2.24, 2.45) is 0 Å². The van der Waals surface area contributed by atoms with Crippen molar-refractivity contribution < 1.29 is 13.9 Å². The van der Waals surface area contributed by atoms with E-state index in [4.69, 9.17) is 4.74 Å². The fourth-order valence-corrected chi connectivity index (χ4v) is 3.48. The summed E-state index contributed by atoms with van der Waals surface area (Å²) < 4.78 is 19.3. The lowest BCUT2D eigenvalue weighted by Crippen LogP contribution is -2.27. The highest BCUT2D eigenvalue weighted by atomic mass is 19.1. The fourth-order valence-electron chi connectivity index (χ4n) is 3.48. The summed E-state index contributed by atoms with van der Waals surface area (Å²) in [5.41, 5.74) is 3.43. The molecule has 5 nitrogen and oxygen atoms in total. The van der Waals surface area contributed by atoms with Gasteiger partial charge in [0.1, 0.15) is 18.2 Å². The van der Waals surface area contributed by atoms with E-state index in [1.807, 2.05) is 31.3 Å². The Labute approximate surface area is 180 Å². The van der Waals surface area contributed by atoms with E-state index >= 15 is 0 Å². The monoisotopic (exact) mass is 417 g/mol. The summed E-state index contributed by atoms with van der Waals surface area (Å²) in [7, 11) is 0. The molecule has 0 saturated carbocycles. The van der Waals surface area contributed by atoms with Gasteiger partial charge in [0.15, 0.2) is 0 Å². The molecule has 0 aliphatic heterocycles. The summed E-state index contributed by atoms with van der Waals surface area (Å²) in [5, 5.41) is 4.14. The first-order chi connectivity index (χ1) is 15.1. The van der Waals surface area contributed by atoms with E-state index < -0.39 is 0 Å². The second-order valence-electron chi connectivity index (χ2n) is 7.45. The average Bonchev–Trinajstić information content (AvgIpc) is 3.21. The first kappa shape index (κ1) is 20.6. The normalized spacial score (nSPS) is 11.9. The maximum Gasteiger partial charge on any atom is 0.220 e. The summed E-state index contributed by atoms with van der Waals surface area (Å²) in [6.45, 7) is 2.03. The highest BCUT2D eigenvalue weighted by Crippen LogP contribution is 2.20. The van der Waals surface area contributed by atoms with Crippen molar-refractivity contribution in [1.82, 2.24) is 15.3 Å². The number of aryl methyl sites for hydroxylation is 1. The number of halogens is 1. The summed E-state index contributed by atoms with van der Waals surface area (Å²) in [4.78, 5) is 20.0. The van der Waals surface area contributed by atoms with Crippen LogP contribution in [0.2, 0.25) is 0 Å². The van der Waals surface area contributed by atoms with Gasteiger partial charge in [0.05, 0.1) is 17.9 Å². The molecule has 0 unspecified atom stereocenters. The predicted octanol–water partition coefficient (Wildman–Crippen LogP) is 5.09. The van der Waals surface area contributed by atoms with Gasteiger partial charge in [-0.05, 0) is 43.2 Å². The molecule has 1 amide bonds. The molecule has 0 spiro atoms. The van der Waals surface area contributed by atoms with Gasteiger partial charge in [-0.3, -0.25) is 9.78 Å². The Morgan fingerprint density at radius 3 is 2.71 bits per heavy atom. The Hall–Kier alpha value is -3.67. The van der Waals surface area contributed by atoms with Crippen LogP contribution in [0.25, 0.3) is 10.9 Å². The zero-order valence-corrected chi connectivity index (χ0v) is 17.3. The third-order valence-electron chi connectivity index (χ3n) is 5.23. The third-order valence-corrected chi connectivity index (χ3v) is 5.23. The molecule has 2 aromatic heterocycles. The summed E-state index contributed by atoms with van der Waals surface area (Å²) in [6.07, 6.45) is 4.61. The van der Waals surface area contributed by atoms with Crippen molar-refractivity contribution in [2.45, 2.75) is 32.4 Å². The van der Waals surface area contributed by atoms with E-state index in [-0.39, 0.29) is 24.4 Å². The number of amides is 1. The van der Waals surface area contributed by atoms with Crippen LogP contribution in [-0.4, -0.2) is 15.9 Å². The molecule has 2 heterocycles. The second-order valence-corrected chi connectivity index (χ2v) is 7.45. The van der Waals surface area contributed by atoms with Gasteiger partial charge < -0.3 is 15.0 Å². The Bertz CT molecular complexity index is 1170. The van der Waals surface area contributed by atoms with Gasteiger partial charge in [-0.1, -0.05) is 36.4 Å². The molecule has 0 bridgehead atoms. The lowest BCUT2D eigenvalue weighted by Gasteiger charge is -2.14. The zero-order chi connectivity index (χ0) is 21.6. The molecule has 0 aliphatic carbocycles. The molecular formula is C25H24FN3O2. The number of nitrogens with zero attached hydrogens (tertiary/aromatic N) is 1. The maximum atomic E-state index is 13.7. The van der Waals surface area contributed by atoms with Gasteiger partial charge in [-0.25, -0.2) is 4.39 Å². The minimum absolute atomic E-state index is 0.0283. The van der Waals surface area contributed by atoms with E-state index in [1.54, 1.807) is 36.5 Å². The Balaban J connectivity index is 1.28. The van der Waals surface area contributed by atoms with E-state index in [2.05, 4.69) is 21.4 Å². The van der Waals surface area contributed by atoms with E-state index in [0.717, 1.165) is 22.2 Å². The third kappa shape index (κ3) is 5.09. The molecule has 2 N–H and O–H groups in total. The predicted molar refractivity (Wildman–Crippen MR) is 118 cm³/mol. The molecule has 0 aliphatic rings. The van der Waals surface area contributed by atoms with Gasteiger partial charge in [0.25, 0.3) is 0 Å². The topological polar surface area (TPSA) is 67.0 Å². The van der Waals surface area contributed by atoms with Crippen molar-refractivity contribution in [1.29, 1.82) is 0 Å². The highest BCUT2D eigenvalue weighted by Gasteiger charge is 2.12. The van der Waals surface area contributed by atoms with Gasteiger partial charge >= 0.3 is 0 Å². The van der Waals surface area contributed by atoms with Gasteiger partial charge in [-0.2, -0.15) is 0 Å². The van der Waals surface area contributed by atoms with Crippen LogP contribution >= 0.6 is 0 Å². The molecule has 6 heteroatoms. The molecule has 0 saturated heterocycles. The lowest BCUT2D eigenvalue weighted by atomic mass is 10.1. The van der Waals surface area contributed by atoms with E-state index in [0.29, 0.717) is 24.2 Å². The van der Waals surface area contributed by atoms with Crippen LogP contribution in [0.1, 0.15) is 36.2 Å². The van der Waals surface area contributed by atoms with Crippen LogP contribution in [0, 0.1) is 5.82 Å². The summed E-state index contributed by atoms with van der Waals surface area (Å²) in [6, 6.07) is 17.9. The van der Waals surface area contributed by atoms with Gasteiger partial charge in [0.2, 0.25) is 5.91 Å². The molecular weight excluding hydrogens is 393 g/mol. The minimum Gasteiger partial charge on any atom is -0.487 e. The zero-order valence-electron chi connectivity index (χ0n) is 17.3. The number of aromatic amines is 1. The Kier molecular flexibility index (Phi) is 6.26. The number of ether oxygens (including phenoxy) is 1. The number of carbonyl (C=O) groups excluding carboxylic acids is 1. The Morgan fingerprint density at radius 1 is 1.10 bits per heavy atom.